The first-order valence-corrected chi connectivity index (χ1v) is 10.1. The summed E-state index contributed by atoms with van der Waals surface area (Å²) in [5.74, 6) is -0.571. The number of aromatic hydroxyl groups is 1. The largest absolute Gasteiger partial charge is 0.505 e. The molecule has 7 nitrogen and oxygen atoms in total. The molecule has 0 aliphatic carbocycles. The van der Waals surface area contributed by atoms with Crippen LogP contribution in [0.15, 0.2) is 30.0 Å². The van der Waals surface area contributed by atoms with Crippen LogP contribution in [0, 0.1) is 0 Å². The summed E-state index contributed by atoms with van der Waals surface area (Å²) in [6.07, 6.45) is 3.52. The minimum Gasteiger partial charge on any atom is -0.505 e. The number of allylic oxidation sites excluding steroid dienone is 1. The van der Waals surface area contributed by atoms with Crippen LogP contribution in [0.1, 0.15) is 24.3 Å². The average Bonchev–Trinajstić information content (AvgIpc) is 2.87. The van der Waals surface area contributed by atoms with E-state index in [1.54, 1.807) is 11.0 Å². The molecule has 1 aromatic rings. The van der Waals surface area contributed by atoms with Crippen LogP contribution in [0.3, 0.4) is 0 Å². The highest BCUT2D eigenvalue weighted by Gasteiger charge is 2.48. The molecule has 0 spiro atoms. The SMILES string of the molecule is CC(C)=CCN1CCN(C(=O)c2ncccc2O)C2CS(=O)(=O)CC21. The summed E-state index contributed by atoms with van der Waals surface area (Å²) in [6.45, 7) is 5.71. The fourth-order valence-electron chi connectivity index (χ4n) is 3.50. The molecule has 8 heteroatoms. The lowest BCUT2D eigenvalue weighted by Gasteiger charge is -2.43. The number of nitrogens with zero attached hydrogens (tertiary/aromatic N) is 3. The van der Waals surface area contributed by atoms with Crippen molar-refractivity contribution in [1.82, 2.24) is 14.8 Å². The van der Waals surface area contributed by atoms with Crippen molar-refractivity contribution in [3.05, 3.63) is 35.7 Å². The van der Waals surface area contributed by atoms with Gasteiger partial charge in [-0.25, -0.2) is 13.4 Å². The van der Waals surface area contributed by atoms with Crippen LogP contribution < -0.4 is 0 Å². The first-order valence-electron chi connectivity index (χ1n) is 8.31. The Labute approximate surface area is 147 Å². The van der Waals surface area contributed by atoms with Crippen molar-refractivity contribution in [1.29, 1.82) is 0 Å². The number of pyridine rings is 1. The summed E-state index contributed by atoms with van der Waals surface area (Å²) in [4.78, 5) is 20.5. The van der Waals surface area contributed by atoms with Crippen molar-refractivity contribution in [2.24, 2.45) is 0 Å². The predicted octanol–water partition coefficient (Wildman–Crippen LogP) is 0.677. The average molecular weight is 365 g/mol. The zero-order valence-electron chi connectivity index (χ0n) is 14.4. The van der Waals surface area contributed by atoms with Crippen LogP contribution >= 0.6 is 0 Å². The van der Waals surface area contributed by atoms with E-state index in [-0.39, 0.29) is 29.0 Å². The van der Waals surface area contributed by atoms with Crippen LogP contribution in [-0.2, 0) is 9.84 Å². The third kappa shape index (κ3) is 3.69. The normalized spacial score (nSPS) is 25.4. The minimum atomic E-state index is -3.20. The van der Waals surface area contributed by atoms with Crippen LogP contribution in [0.2, 0.25) is 0 Å². The summed E-state index contributed by atoms with van der Waals surface area (Å²) in [5.41, 5.74) is 1.15. The molecule has 1 amide bonds. The van der Waals surface area contributed by atoms with Crippen LogP contribution in [-0.4, -0.2) is 77.4 Å². The Hall–Kier alpha value is -1.93. The van der Waals surface area contributed by atoms with Gasteiger partial charge in [-0.3, -0.25) is 9.69 Å². The Kier molecular flexibility index (Phi) is 4.83. The molecule has 2 atom stereocenters. The molecule has 2 saturated heterocycles. The van der Waals surface area contributed by atoms with Gasteiger partial charge in [0.15, 0.2) is 15.5 Å². The fraction of sp³-hybridized carbons (Fsp3) is 0.529. The van der Waals surface area contributed by atoms with Crippen LogP contribution in [0.5, 0.6) is 5.75 Å². The molecule has 3 rings (SSSR count). The maximum atomic E-state index is 12.8. The van der Waals surface area contributed by atoms with Crippen molar-refractivity contribution in [3.8, 4) is 5.75 Å². The number of amides is 1. The predicted molar refractivity (Wildman–Crippen MR) is 94.2 cm³/mol. The number of rotatable bonds is 3. The number of carbonyl (C=O) groups is 1. The van der Waals surface area contributed by atoms with Crippen molar-refractivity contribution in [3.63, 3.8) is 0 Å². The lowest BCUT2D eigenvalue weighted by Crippen LogP contribution is -2.60. The molecule has 2 aliphatic rings. The van der Waals surface area contributed by atoms with Crippen molar-refractivity contribution in [2.45, 2.75) is 25.9 Å². The molecule has 0 aromatic carbocycles. The van der Waals surface area contributed by atoms with E-state index in [2.05, 4.69) is 16.0 Å². The molecule has 2 aliphatic heterocycles. The molecule has 0 saturated carbocycles. The maximum Gasteiger partial charge on any atom is 0.276 e. The van der Waals surface area contributed by atoms with Gasteiger partial charge in [-0.2, -0.15) is 0 Å². The van der Waals surface area contributed by atoms with E-state index in [1.165, 1.54) is 17.8 Å². The van der Waals surface area contributed by atoms with E-state index in [1.807, 2.05) is 13.8 Å². The number of hydrogen-bond donors (Lipinski definition) is 1. The molecule has 2 unspecified atom stereocenters. The highest BCUT2D eigenvalue weighted by molar-refractivity contribution is 7.91. The molecular formula is C17H23N3O4S. The second kappa shape index (κ2) is 6.76. The highest BCUT2D eigenvalue weighted by atomic mass is 32.2. The molecule has 2 fully saturated rings. The van der Waals surface area contributed by atoms with Gasteiger partial charge in [-0.1, -0.05) is 11.6 Å². The molecule has 3 heterocycles. The lowest BCUT2D eigenvalue weighted by molar-refractivity contribution is 0.0360. The Bertz CT molecular complexity index is 802. The standard InChI is InChI=1S/C17H23N3O4S/c1-12(2)5-7-19-8-9-20(14-11-25(23,24)10-13(14)19)17(22)16-15(21)4-3-6-18-16/h3-6,13-14,21H,7-11H2,1-2H3. The van der Waals surface area contributed by atoms with Crippen LogP contribution in [0.4, 0.5) is 0 Å². The summed E-state index contributed by atoms with van der Waals surface area (Å²) < 4.78 is 24.4. The first-order chi connectivity index (χ1) is 11.8. The number of carbonyl (C=O) groups excluding carboxylic acids is 1. The van der Waals surface area contributed by atoms with Gasteiger partial charge in [0.2, 0.25) is 0 Å². The molecule has 1 aromatic heterocycles. The summed E-state index contributed by atoms with van der Waals surface area (Å²) >= 11 is 0. The smallest absolute Gasteiger partial charge is 0.276 e. The quantitative estimate of drug-likeness (QED) is 0.792. The van der Waals surface area contributed by atoms with E-state index in [9.17, 15) is 18.3 Å². The second-order valence-corrected chi connectivity index (χ2v) is 9.01. The van der Waals surface area contributed by atoms with Crippen molar-refractivity contribution >= 4 is 15.7 Å². The van der Waals surface area contributed by atoms with Gasteiger partial charge in [0.25, 0.3) is 5.91 Å². The molecule has 0 bridgehead atoms. The maximum absolute atomic E-state index is 12.8. The highest BCUT2D eigenvalue weighted by Crippen LogP contribution is 2.29. The number of fused-ring (bicyclic) bond motifs is 1. The number of sulfone groups is 1. The topological polar surface area (TPSA) is 90.8 Å². The molecular weight excluding hydrogens is 342 g/mol. The van der Waals surface area contributed by atoms with E-state index in [4.69, 9.17) is 0 Å². The first kappa shape index (κ1) is 17.9. The zero-order chi connectivity index (χ0) is 18.2. The number of piperazine rings is 1. The minimum absolute atomic E-state index is 0.0247. The third-order valence-corrected chi connectivity index (χ3v) is 6.47. The Balaban J connectivity index is 1.87. The van der Waals surface area contributed by atoms with E-state index >= 15 is 0 Å². The monoisotopic (exact) mass is 365 g/mol. The van der Waals surface area contributed by atoms with Crippen molar-refractivity contribution in [2.75, 3.05) is 31.1 Å². The Morgan fingerprint density at radius 2 is 2.04 bits per heavy atom. The third-order valence-electron chi connectivity index (χ3n) is 4.77. The number of aromatic nitrogens is 1. The van der Waals surface area contributed by atoms with E-state index in [0.717, 1.165) is 0 Å². The van der Waals surface area contributed by atoms with Gasteiger partial charge in [0, 0.05) is 31.9 Å². The zero-order valence-corrected chi connectivity index (χ0v) is 15.2. The lowest BCUT2D eigenvalue weighted by atomic mass is 10.0. The van der Waals surface area contributed by atoms with Gasteiger partial charge >= 0.3 is 0 Å². The number of hydrogen-bond acceptors (Lipinski definition) is 6. The van der Waals surface area contributed by atoms with Crippen molar-refractivity contribution < 1.29 is 18.3 Å². The van der Waals surface area contributed by atoms with E-state index in [0.29, 0.717) is 19.6 Å². The Morgan fingerprint density at radius 1 is 1.32 bits per heavy atom. The Morgan fingerprint density at radius 3 is 2.72 bits per heavy atom. The molecule has 1 N–H and O–H groups in total. The summed E-state index contributed by atoms with van der Waals surface area (Å²) in [7, 11) is -3.20. The van der Waals surface area contributed by atoms with Gasteiger partial charge < -0.3 is 10.0 Å². The fourth-order valence-corrected chi connectivity index (χ4v) is 5.51. The van der Waals surface area contributed by atoms with Gasteiger partial charge in [-0.15, -0.1) is 0 Å². The molecule has 0 radical (unpaired) electrons. The van der Waals surface area contributed by atoms with Gasteiger partial charge in [-0.05, 0) is 26.0 Å². The molecule has 136 valence electrons. The van der Waals surface area contributed by atoms with Crippen LogP contribution in [0.25, 0.3) is 0 Å². The molecule has 25 heavy (non-hydrogen) atoms. The van der Waals surface area contributed by atoms with Gasteiger partial charge in [0.05, 0.1) is 17.5 Å². The summed E-state index contributed by atoms with van der Waals surface area (Å²) in [5, 5.41) is 9.91. The van der Waals surface area contributed by atoms with Gasteiger partial charge in [0.1, 0.15) is 5.75 Å². The van der Waals surface area contributed by atoms with E-state index < -0.39 is 21.8 Å². The second-order valence-electron chi connectivity index (χ2n) is 6.86. The summed E-state index contributed by atoms with van der Waals surface area (Å²) in [6, 6.07) is 2.34.